The van der Waals surface area contributed by atoms with Crippen LogP contribution in [0.5, 0.6) is 0 Å². The number of rotatable bonds is 8. The van der Waals surface area contributed by atoms with Gasteiger partial charge in [0.25, 0.3) is 0 Å². The highest BCUT2D eigenvalue weighted by Crippen LogP contribution is 2.28. The zero-order chi connectivity index (χ0) is 27.2. The lowest BCUT2D eigenvalue weighted by Gasteiger charge is -2.40. The predicted octanol–water partition coefficient (Wildman–Crippen LogP) is 4.38. The average Bonchev–Trinajstić information content (AvgIpc) is 2.89. The van der Waals surface area contributed by atoms with Gasteiger partial charge < -0.3 is 16.0 Å². The fourth-order valence-corrected chi connectivity index (χ4v) is 5.64. The minimum atomic E-state index is -0.357. The van der Waals surface area contributed by atoms with Gasteiger partial charge in [-0.05, 0) is 56.4 Å². The van der Waals surface area contributed by atoms with Gasteiger partial charge in [0.15, 0.2) is 11.6 Å². The van der Waals surface area contributed by atoms with E-state index >= 15 is 0 Å². The molecule has 1 saturated heterocycles. The summed E-state index contributed by atoms with van der Waals surface area (Å²) in [4.78, 5) is 51.6. The summed E-state index contributed by atoms with van der Waals surface area (Å²) in [6.45, 7) is 6.88. The van der Waals surface area contributed by atoms with E-state index in [1.54, 1.807) is 18.2 Å². The normalized spacial score (nSPS) is 22.7. The monoisotopic (exact) mass is 518 g/mol. The number of ketones is 2. The molecule has 1 heterocycles. The third-order valence-electron chi connectivity index (χ3n) is 7.82. The van der Waals surface area contributed by atoms with Gasteiger partial charge in [0.1, 0.15) is 0 Å². The zero-order valence-electron chi connectivity index (χ0n) is 22.5. The molecule has 8 nitrogen and oxygen atoms in total. The number of piperazine rings is 1. The van der Waals surface area contributed by atoms with E-state index < -0.39 is 0 Å². The van der Waals surface area contributed by atoms with Crippen LogP contribution in [0.1, 0.15) is 78.7 Å². The van der Waals surface area contributed by atoms with Crippen molar-refractivity contribution in [2.24, 2.45) is 5.92 Å². The lowest BCUT2D eigenvalue weighted by atomic mass is 9.83. The van der Waals surface area contributed by atoms with Crippen LogP contribution in [-0.2, 0) is 4.79 Å². The maximum Gasteiger partial charge on any atom is 0.319 e. The van der Waals surface area contributed by atoms with Gasteiger partial charge in [-0.15, -0.1) is 0 Å². The predicted molar refractivity (Wildman–Crippen MR) is 148 cm³/mol. The lowest BCUT2D eigenvalue weighted by molar-refractivity contribution is -0.126. The first-order valence-electron chi connectivity index (χ1n) is 13.5. The van der Waals surface area contributed by atoms with Crippen LogP contribution in [0.4, 0.5) is 10.5 Å². The van der Waals surface area contributed by atoms with E-state index in [-0.39, 0.29) is 47.4 Å². The first-order chi connectivity index (χ1) is 18.2. The van der Waals surface area contributed by atoms with Gasteiger partial charge in [-0.25, -0.2) is 4.79 Å². The van der Waals surface area contributed by atoms with Crippen molar-refractivity contribution in [3.63, 3.8) is 0 Å². The summed E-state index contributed by atoms with van der Waals surface area (Å²) >= 11 is 0. The number of carbonyl (C=O) groups excluding carboxylic acids is 4. The fourth-order valence-electron chi connectivity index (χ4n) is 5.64. The van der Waals surface area contributed by atoms with Gasteiger partial charge in [0, 0.05) is 47.9 Å². The molecule has 3 amide bonds. The number of urea groups is 1. The summed E-state index contributed by atoms with van der Waals surface area (Å²) < 4.78 is 0. The number of nitrogens with one attached hydrogen (secondary N) is 3. The van der Waals surface area contributed by atoms with Crippen molar-refractivity contribution in [3.8, 4) is 0 Å². The summed E-state index contributed by atoms with van der Waals surface area (Å²) in [5.74, 6) is 0.113. The van der Waals surface area contributed by atoms with Gasteiger partial charge in [0.05, 0.1) is 6.54 Å². The summed E-state index contributed by atoms with van der Waals surface area (Å²) in [6, 6.07) is 14.6. The minimum absolute atomic E-state index is 0.0259. The van der Waals surface area contributed by atoms with Crippen molar-refractivity contribution in [1.82, 2.24) is 15.5 Å². The van der Waals surface area contributed by atoms with Gasteiger partial charge in [0.2, 0.25) is 5.91 Å². The Morgan fingerprint density at radius 3 is 2.32 bits per heavy atom. The number of nitrogens with zero attached hydrogens (tertiary/aromatic N) is 1. The molecule has 2 fully saturated rings. The van der Waals surface area contributed by atoms with E-state index in [1.165, 1.54) is 19.4 Å². The molecule has 1 aliphatic heterocycles. The molecule has 2 aliphatic rings. The standard InChI is InChI=1S/C30H38N4O4/c1-19(22-9-5-4-6-10-22)28-17-34(18-29(37)32-28)16-23-11-7-8-12-27(23)33-30(38)31-26-14-24(20(2)35)13-25(15-26)21(3)36/h4-6,9-10,13-15,19,23,27-28H,7-8,11-12,16-18H2,1-3H3,(H,32,37)(H2,31,33,38)/t19?,23-,27+,28+/m0/s1. The number of amides is 3. The second-order valence-corrected chi connectivity index (χ2v) is 10.7. The molecule has 38 heavy (non-hydrogen) atoms. The quantitative estimate of drug-likeness (QED) is 0.450. The molecule has 0 spiro atoms. The van der Waals surface area contributed by atoms with Crippen LogP contribution in [-0.4, -0.2) is 60.1 Å². The van der Waals surface area contributed by atoms with Gasteiger partial charge in [-0.2, -0.15) is 0 Å². The van der Waals surface area contributed by atoms with E-state index in [1.807, 2.05) is 18.2 Å². The van der Waals surface area contributed by atoms with Crippen molar-refractivity contribution >= 4 is 29.2 Å². The average molecular weight is 519 g/mol. The third-order valence-corrected chi connectivity index (χ3v) is 7.82. The second-order valence-electron chi connectivity index (χ2n) is 10.7. The van der Waals surface area contributed by atoms with Crippen molar-refractivity contribution in [3.05, 3.63) is 65.2 Å². The third kappa shape index (κ3) is 7.07. The van der Waals surface area contributed by atoms with Crippen LogP contribution >= 0.6 is 0 Å². The first-order valence-corrected chi connectivity index (χ1v) is 13.5. The lowest BCUT2D eigenvalue weighted by Crippen LogP contribution is -2.58. The van der Waals surface area contributed by atoms with Crippen molar-refractivity contribution in [2.45, 2.75) is 64.5 Å². The summed E-state index contributed by atoms with van der Waals surface area (Å²) in [6.07, 6.45) is 3.98. The maximum atomic E-state index is 13.0. The SMILES string of the molecule is CC(=O)c1cc(NC(=O)N[C@@H]2CCCC[C@H]2CN2CC(=O)N[C@@H](C(C)c3ccccc3)C2)cc(C(C)=O)c1. The Kier molecular flexibility index (Phi) is 8.94. The van der Waals surface area contributed by atoms with Gasteiger partial charge in [-0.3, -0.25) is 19.3 Å². The Balaban J connectivity index is 1.40. The van der Waals surface area contributed by atoms with Gasteiger partial charge in [-0.1, -0.05) is 50.1 Å². The fraction of sp³-hybridized carbons (Fsp3) is 0.467. The highest BCUT2D eigenvalue weighted by molar-refractivity contribution is 6.02. The summed E-state index contributed by atoms with van der Waals surface area (Å²) in [5.41, 5.74) is 2.38. The molecule has 8 heteroatoms. The summed E-state index contributed by atoms with van der Waals surface area (Å²) in [7, 11) is 0. The molecule has 4 atom stereocenters. The number of carbonyl (C=O) groups is 4. The van der Waals surface area contributed by atoms with Crippen LogP contribution in [0.15, 0.2) is 48.5 Å². The highest BCUT2D eigenvalue weighted by Gasteiger charge is 2.33. The largest absolute Gasteiger partial charge is 0.350 e. The molecular formula is C30H38N4O4. The molecule has 3 N–H and O–H groups in total. The molecule has 0 bridgehead atoms. The summed E-state index contributed by atoms with van der Waals surface area (Å²) in [5, 5.41) is 9.12. The molecule has 1 aliphatic carbocycles. The highest BCUT2D eigenvalue weighted by atomic mass is 16.2. The zero-order valence-corrected chi connectivity index (χ0v) is 22.5. The maximum absolute atomic E-state index is 13.0. The molecule has 0 aromatic heterocycles. The molecule has 4 rings (SSSR count). The Hall–Kier alpha value is -3.52. The van der Waals surface area contributed by atoms with Crippen LogP contribution in [0.3, 0.4) is 0 Å². The molecule has 0 radical (unpaired) electrons. The Morgan fingerprint density at radius 1 is 1.00 bits per heavy atom. The Morgan fingerprint density at radius 2 is 1.66 bits per heavy atom. The Bertz CT molecular complexity index is 1150. The van der Waals surface area contributed by atoms with Crippen molar-refractivity contribution < 1.29 is 19.2 Å². The van der Waals surface area contributed by atoms with E-state index in [0.29, 0.717) is 23.4 Å². The second kappa shape index (κ2) is 12.3. The van der Waals surface area contributed by atoms with Gasteiger partial charge >= 0.3 is 6.03 Å². The number of hydrogen-bond donors (Lipinski definition) is 3. The number of benzene rings is 2. The number of hydrogen-bond acceptors (Lipinski definition) is 5. The van der Waals surface area contributed by atoms with E-state index in [2.05, 4.69) is 39.9 Å². The first kappa shape index (κ1) is 27.5. The van der Waals surface area contributed by atoms with E-state index in [0.717, 1.165) is 38.8 Å². The van der Waals surface area contributed by atoms with Crippen molar-refractivity contribution in [1.29, 1.82) is 0 Å². The van der Waals surface area contributed by atoms with E-state index in [9.17, 15) is 19.2 Å². The topological polar surface area (TPSA) is 108 Å². The van der Waals surface area contributed by atoms with E-state index in [4.69, 9.17) is 0 Å². The molecule has 2 aromatic carbocycles. The number of Topliss-reactive ketones (excluding diaryl/α,β-unsaturated/α-hetero) is 2. The molecule has 1 unspecified atom stereocenters. The molecule has 202 valence electrons. The van der Waals surface area contributed by atoms with Crippen molar-refractivity contribution in [2.75, 3.05) is 25.0 Å². The van der Waals surface area contributed by atoms with Crippen LogP contribution < -0.4 is 16.0 Å². The Labute approximate surface area is 224 Å². The van der Waals surface area contributed by atoms with Crippen LogP contribution in [0, 0.1) is 5.92 Å². The minimum Gasteiger partial charge on any atom is -0.350 e. The van der Waals surface area contributed by atoms with Crippen LogP contribution in [0.25, 0.3) is 0 Å². The van der Waals surface area contributed by atoms with Crippen LogP contribution in [0.2, 0.25) is 0 Å². The smallest absolute Gasteiger partial charge is 0.319 e. The molecule has 1 saturated carbocycles. The molecule has 2 aromatic rings. The molecular weight excluding hydrogens is 480 g/mol. The number of anilines is 1.